The van der Waals surface area contributed by atoms with Crippen molar-refractivity contribution < 1.29 is 13.5 Å². The normalized spacial score (nSPS) is 12.7. The molecule has 0 heterocycles. The van der Waals surface area contributed by atoms with Crippen LogP contribution in [0.25, 0.3) is 0 Å². The first-order valence-electron chi connectivity index (χ1n) is 6.77. The fraction of sp³-hybridized carbons (Fsp3) is 0.571. The number of sulfonamides is 1. The molecular formula is C14H25N3O3S. The molecule has 0 aliphatic rings. The lowest BCUT2D eigenvalue weighted by molar-refractivity contribution is 0.220. The van der Waals surface area contributed by atoms with Gasteiger partial charge in [-0.2, -0.15) is 0 Å². The number of nitrogens with zero attached hydrogens (tertiary/aromatic N) is 1. The van der Waals surface area contributed by atoms with Gasteiger partial charge in [-0.3, -0.25) is 0 Å². The van der Waals surface area contributed by atoms with Gasteiger partial charge in [-0.25, -0.2) is 12.7 Å². The first-order chi connectivity index (χ1) is 9.60. The third-order valence-electron chi connectivity index (χ3n) is 3.35. The summed E-state index contributed by atoms with van der Waals surface area (Å²) >= 11 is 0. The van der Waals surface area contributed by atoms with Crippen LogP contribution < -0.4 is 11.1 Å². The van der Waals surface area contributed by atoms with E-state index in [2.05, 4.69) is 5.32 Å². The molecule has 0 saturated heterocycles. The zero-order valence-electron chi connectivity index (χ0n) is 13.0. The van der Waals surface area contributed by atoms with E-state index < -0.39 is 10.0 Å². The Morgan fingerprint density at radius 2 is 1.95 bits per heavy atom. The standard InChI is InChI=1S/C14H25N3O3S/c1-14(2,7-8-18)10-16-13-9-11(5-6-12(13)15)21(19,20)17(3)4/h5-6,9,16,18H,7-8,10,15H2,1-4H3. The minimum Gasteiger partial charge on any atom is -0.397 e. The summed E-state index contributed by atoms with van der Waals surface area (Å²) in [5.74, 6) is 0. The average Bonchev–Trinajstić information content (AvgIpc) is 2.37. The summed E-state index contributed by atoms with van der Waals surface area (Å²) in [7, 11) is -0.504. The van der Waals surface area contributed by atoms with Gasteiger partial charge in [0, 0.05) is 27.2 Å². The lowest BCUT2D eigenvalue weighted by Gasteiger charge is -2.25. The quantitative estimate of drug-likeness (QED) is 0.660. The summed E-state index contributed by atoms with van der Waals surface area (Å²) in [6, 6.07) is 4.62. The first-order valence-corrected chi connectivity index (χ1v) is 8.21. The highest BCUT2D eigenvalue weighted by Gasteiger charge is 2.20. The van der Waals surface area contributed by atoms with E-state index in [1.807, 2.05) is 13.8 Å². The molecule has 0 amide bonds. The van der Waals surface area contributed by atoms with Crippen molar-refractivity contribution in [3.05, 3.63) is 18.2 Å². The molecule has 0 bridgehead atoms. The molecule has 0 aliphatic heterocycles. The highest BCUT2D eigenvalue weighted by molar-refractivity contribution is 7.89. The number of rotatable bonds is 7. The van der Waals surface area contributed by atoms with Crippen molar-refractivity contribution in [2.75, 3.05) is 38.3 Å². The van der Waals surface area contributed by atoms with Gasteiger partial charge >= 0.3 is 0 Å². The molecule has 1 rings (SSSR count). The van der Waals surface area contributed by atoms with E-state index in [0.717, 1.165) is 4.31 Å². The number of benzene rings is 1. The van der Waals surface area contributed by atoms with E-state index in [9.17, 15) is 8.42 Å². The maximum Gasteiger partial charge on any atom is 0.242 e. The number of hydrogen-bond donors (Lipinski definition) is 3. The topological polar surface area (TPSA) is 95.7 Å². The summed E-state index contributed by atoms with van der Waals surface area (Å²) in [5, 5.41) is 12.2. The van der Waals surface area contributed by atoms with E-state index >= 15 is 0 Å². The third-order valence-corrected chi connectivity index (χ3v) is 5.16. The molecule has 120 valence electrons. The van der Waals surface area contributed by atoms with Crippen LogP contribution in [0.3, 0.4) is 0 Å². The maximum absolute atomic E-state index is 12.1. The van der Waals surface area contributed by atoms with Gasteiger partial charge in [0.25, 0.3) is 0 Å². The molecule has 0 atom stereocenters. The molecule has 6 nitrogen and oxygen atoms in total. The van der Waals surface area contributed by atoms with E-state index in [0.29, 0.717) is 24.3 Å². The maximum atomic E-state index is 12.1. The number of anilines is 2. The summed E-state index contributed by atoms with van der Waals surface area (Å²) in [5.41, 5.74) is 6.86. The van der Waals surface area contributed by atoms with Crippen LogP contribution in [-0.2, 0) is 10.0 Å². The number of aliphatic hydroxyl groups is 1. The van der Waals surface area contributed by atoms with Gasteiger partial charge < -0.3 is 16.2 Å². The van der Waals surface area contributed by atoms with Crippen LogP contribution >= 0.6 is 0 Å². The predicted octanol–water partition coefficient (Wildman–Crippen LogP) is 1.34. The van der Waals surface area contributed by atoms with E-state index in [1.54, 1.807) is 12.1 Å². The van der Waals surface area contributed by atoms with Crippen LogP contribution in [0.4, 0.5) is 11.4 Å². The van der Waals surface area contributed by atoms with Crippen molar-refractivity contribution in [2.45, 2.75) is 25.2 Å². The molecule has 0 fully saturated rings. The second-order valence-corrected chi connectivity index (χ2v) is 8.18. The smallest absolute Gasteiger partial charge is 0.242 e. The Morgan fingerprint density at radius 3 is 2.48 bits per heavy atom. The van der Waals surface area contributed by atoms with Gasteiger partial charge in [-0.05, 0) is 30.0 Å². The molecule has 4 N–H and O–H groups in total. The molecule has 0 spiro atoms. The van der Waals surface area contributed by atoms with E-state index in [4.69, 9.17) is 10.8 Å². The highest BCUT2D eigenvalue weighted by atomic mass is 32.2. The fourth-order valence-electron chi connectivity index (χ4n) is 1.79. The number of aliphatic hydroxyl groups excluding tert-OH is 1. The number of nitrogens with one attached hydrogen (secondary N) is 1. The van der Waals surface area contributed by atoms with E-state index in [1.165, 1.54) is 20.2 Å². The summed E-state index contributed by atoms with van der Waals surface area (Å²) < 4.78 is 25.4. The van der Waals surface area contributed by atoms with Crippen molar-refractivity contribution >= 4 is 21.4 Å². The van der Waals surface area contributed by atoms with Crippen molar-refractivity contribution in [3.8, 4) is 0 Å². The van der Waals surface area contributed by atoms with Gasteiger partial charge in [-0.15, -0.1) is 0 Å². The summed E-state index contributed by atoms with van der Waals surface area (Å²) in [6.45, 7) is 4.74. The predicted molar refractivity (Wildman–Crippen MR) is 85.7 cm³/mol. The Hall–Kier alpha value is -1.31. The second kappa shape index (κ2) is 6.64. The molecule has 0 aromatic heterocycles. The van der Waals surface area contributed by atoms with Gasteiger partial charge in [0.1, 0.15) is 0 Å². The van der Waals surface area contributed by atoms with Crippen LogP contribution in [0.15, 0.2) is 23.1 Å². The minimum atomic E-state index is -3.48. The Balaban J connectivity index is 2.99. The molecular weight excluding hydrogens is 290 g/mol. The minimum absolute atomic E-state index is 0.110. The molecule has 7 heteroatoms. The Morgan fingerprint density at radius 1 is 1.33 bits per heavy atom. The molecule has 1 aromatic rings. The second-order valence-electron chi connectivity index (χ2n) is 6.03. The number of nitrogen functional groups attached to an aromatic ring is 1. The number of nitrogens with two attached hydrogens (primary N) is 1. The molecule has 0 radical (unpaired) electrons. The van der Waals surface area contributed by atoms with Crippen molar-refractivity contribution in [1.82, 2.24) is 4.31 Å². The van der Waals surface area contributed by atoms with Gasteiger partial charge in [0.15, 0.2) is 0 Å². The monoisotopic (exact) mass is 315 g/mol. The summed E-state index contributed by atoms with van der Waals surface area (Å²) in [4.78, 5) is 0.198. The lowest BCUT2D eigenvalue weighted by Crippen LogP contribution is -2.25. The third kappa shape index (κ3) is 4.59. The van der Waals surface area contributed by atoms with Crippen molar-refractivity contribution in [1.29, 1.82) is 0 Å². The summed E-state index contributed by atoms with van der Waals surface area (Å²) in [6.07, 6.45) is 0.648. The van der Waals surface area contributed by atoms with Gasteiger partial charge in [0.05, 0.1) is 16.3 Å². The average molecular weight is 315 g/mol. The molecule has 0 unspecified atom stereocenters. The Bertz CT molecular complexity index is 583. The lowest BCUT2D eigenvalue weighted by atomic mass is 9.89. The molecule has 0 aliphatic carbocycles. The van der Waals surface area contributed by atoms with Crippen LogP contribution in [0.1, 0.15) is 20.3 Å². The Labute approximate surface area is 127 Å². The van der Waals surface area contributed by atoms with Crippen LogP contribution in [0, 0.1) is 5.41 Å². The first kappa shape index (κ1) is 17.7. The largest absolute Gasteiger partial charge is 0.397 e. The molecule has 1 aromatic carbocycles. The van der Waals surface area contributed by atoms with Crippen molar-refractivity contribution in [2.24, 2.45) is 5.41 Å². The van der Waals surface area contributed by atoms with Gasteiger partial charge in [-0.1, -0.05) is 13.8 Å². The zero-order chi connectivity index (χ0) is 16.3. The molecule has 0 saturated carbocycles. The van der Waals surface area contributed by atoms with Gasteiger partial charge in [0.2, 0.25) is 10.0 Å². The van der Waals surface area contributed by atoms with Crippen LogP contribution in [0.2, 0.25) is 0 Å². The fourth-order valence-corrected chi connectivity index (χ4v) is 2.71. The number of hydrogen-bond acceptors (Lipinski definition) is 5. The SMILES string of the molecule is CN(C)S(=O)(=O)c1ccc(N)c(NCC(C)(C)CCO)c1. The van der Waals surface area contributed by atoms with Crippen molar-refractivity contribution in [3.63, 3.8) is 0 Å². The van der Waals surface area contributed by atoms with E-state index in [-0.39, 0.29) is 16.9 Å². The van der Waals surface area contributed by atoms with Crippen LogP contribution in [0.5, 0.6) is 0 Å². The molecule has 21 heavy (non-hydrogen) atoms. The van der Waals surface area contributed by atoms with Crippen LogP contribution in [-0.4, -0.2) is 45.1 Å². The highest BCUT2D eigenvalue weighted by Crippen LogP contribution is 2.27. The zero-order valence-corrected chi connectivity index (χ0v) is 13.9. The Kier molecular flexibility index (Phi) is 5.61.